The van der Waals surface area contributed by atoms with E-state index in [1.807, 2.05) is 30.3 Å². The lowest BCUT2D eigenvalue weighted by Gasteiger charge is -2.22. The molecule has 0 aliphatic heterocycles. The molecule has 0 unspecified atom stereocenters. The first-order valence-electron chi connectivity index (χ1n) is 13.6. The second kappa shape index (κ2) is 12.9. The SMILES string of the molecule is COc1ccc([C@H](Cc2ccncc2)c2ccc(NC(=O)NS(=O)(=O)c3ccccc3)cc2)cc1OC1CCCC1. The highest BCUT2D eigenvalue weighted by Gasteiger charge is 2.22. The second-order valence-electron chi connectivity index (χ2n) is 10.0. The molecular weight excluding hydrogens is 538 g/mol. The van der Waals surface area contributed by atoms with Crippen LogP contribution in [0.1, 0.15) is 48.3 Å². The molecule has 1 aromatic heterocycles. The number of sulfonamides is 1. The summed E-state index contributed by atoms with van der Waals surface area (Å²) in [7, 11) is -2.33. The lowest BCUT2D eigenvalue weighted by Crippen LogP contribution is -2.34. The number of methoxy groups -OCH3 is 1. The molecule has 0 spiro atoms. The van der Waals surface area contributed by atoms with Gasteiger partial charge in [0.25, 0.3) is 10.0 Å². The lowest BCUT2D eigenvalue weighted by atomic mass is 9.86. The number of benzene rings is 3. The molecule has 0 bridgehead atoms. The Morgan fingerprint density at radius 3 is 2.27 bits per heavy atom. The topological polar surface area (TPSA) is 107 Å². The zero-order valence-electron chi connectivity index (χ0n) is 22.8. The molecule has 5 rings (SSSR count). The van der Waals surface area contributed by atoms with Crippen molar-refractivity contribution in [2.24, 2.45) is 0 Å². The number of anilines is 1. The molecule has 8 nitrogen and oxygen atoms in total. The van der Waals surface area contributed by atoms with Crippen LogP contribution in [-0.4, -0.2) is 32.6 Å². The first-order chi connectivity index (χ1) is 19.9. The van der Waals surface area contributed by atoms with E-state index in [0.29, 0.717) is 11.4 Å². The molecule has 0 saturated heterocycles. The van der Waals surface area contributed by atoms with E-state index in [-0.39, 0.29) is 16.9 Å². The van der Waals surface area contributed by atoms with Crippen molar-refractivity contribution >= 4 is 21.7 Å². The van der Waals surface area contributed by atoms with Gasteiger partial charge in [-0.15, -0.1) is 0 Å². The number of ether oxygens (including phenoxy) is 2. The predicted octanol–water partition coefficient (Wildman–Crippen LogP) is 6.30. The molecule has 1 aliphatic carbocycles. The number of rotatable bonds is 10. The number of carbonyl (C=O) groups is 1. The highest BCUT2D eigenvalue weighted by atomic mass is 32.2. The summed E-state index contributed by atoms with van der Waals surface area (Å²) >= 11 is 0. The molecule has 1 aliphatic rings. The minimum atomic E-state index is -3.98. The minimum Gasteiger partial charge on any atom is -0.493 e. The van der Waals surface area contributed by atoms with E-state index >= 15 is 0 Å². The third-order valence-corrected chi connectivity index (χ3v) is 8.57. The Bertz CT molecular complexity index is 1560. The maximum absolute atomic E-state index is 12.5. The van der Waals surface area contributed by atoms with Crippen molar-refractivity contribution < 1.29 is 22.7 Å². The molecule has 1 heterocycles. The fraction of sp³-hybridized carbons (Fsp3) is 0.250. The molecule has 2 amide bonds. The molecule has 9 heteroatoms. The van der Waals surface area contributed by atoms with Crippen LogP contribution in [0.2, 0.25) is 0 Å². The highest BCUT2D eigenvalue weighted by Crippen LogP contribution is 2.37. The van der Waals surface area contributed by atoms with Gasteiger partial charge in [0.1, 0.15) is 0 Å². The summed E-state index contributed by atoms with van der Waals surface area (Å²) in [6, 6.07) is 24.4. The summed E-state index contributed by atoms with van der Waals surface area (Å²) in [6.07, 6.45) is 8.92. The van der Waals surface area contributed by atoms with E-state index < -0.39 is 16.1 Å². The number of amides is 2. The monoisotopic (exact) mass is 571 g/mol. The summed E-state index contributed by atoms with van der Waals surface area (Å²) in [6.45, 7) is 0. The summed E-state index contributed by atoms with van der Waals surface area (Å²) in [5.74, 6) is 1.43. The Hall–Kier alpha value is -4.37. The highest BCUT2D eigenvalue weighted by molar-refractivity contribution is 7.90. The molecule has 4 aromatic rings. The second-order valence-corrected chi connectivity index (χ2v) is 11.7. The Labute approximate surface area is 240 Å². The van der Waals surface area contributed by atoms with Gasteiger partial charge in [-0.3, -0.25) is 4.98 Å². The Kier molecular flexibility index (Phi) is 8.84. The van der Waals surface area contributed by atoms with Crippen LogP contribution < -0.4 is 19.5 Å². The van der Waals surface area contributed by atoms with Gasteiger partial charge in [-0.2, -0.15) is 0 Å². The van der Waals surface area contributed by atoms with Gasteiger partial charge in [0.15, 0.2) is 11.5 Å². The molecular formula is C32H33N3O5S. The van der Waals surface area contributed by atoms with Crippen molar-refractivity contribution in [1.29, 1.82) is 0 Å². The molecule has 212 valence electrons. The number of hydrogen-bond donors (Lipinski definition) is 2. The average Bonchev–Trinajstić information content (AvgIpc) is 3.50. The van der Waals surface area contributed by atoms with Crippen LogP contribution >= 0.6 is 0 Å². The van der Waals surface area contributed by atoms with E-state index in [9.17, 15) is 13.2 Å². The third-order valence-electron chi connectivity index (χ3n) is 7.23. The van der Waals surface area contributed by atoms with Crippen LogP contribution in [0, 0.1) is 0 Å². The Morgan fingerprint density at radius 1 is 0.902 bits per heavy atom. The number of hydrogen-bond acceptors (Lipinski definition) is 6. The first-order valence-corrected chi connectivity index (χ1v) is 15.1. The number of nitrogens with one attached hydrogen (secondary N) is 2. The smallest absolute Gasteiger partial charge is 0.333 e. The van der Waals surface area contributed by atoms with Crippen LogP contribution in [0.4, 0.5) is 10.5 Å². The van der Waals surface area contributed by atoms with Gasteiger partial charge in [-0.05, 0) is 97.3 Å². The van der Waals surface area contributed by atoms with E-state index in [1.165, 1.54) is 25.0 Å². The molecule has 2 N–H and O–H groups in total. The fourth-order valence-corrected chi connectivity index (χ4v) is 6.04. The van der Waals surface area contributed by atoms with Gasteiger partial charge in [-0.1, -0.05) is 36.4 Å². The van der Waals surface area contributed by atoms with Crippen LogP contribution in [0.25, 0.3) is 0 Å². The van der Waals surface area contributed by atoms with Crippen LogP contribution in [0.5, 0.6) is 11.5 Å². The Balaban J connectivity index is 1.37. The molecule has 41 heavy (non-hydrogen) atoms. The largest absolute Gasteiger partial charge is 0.493 e. The van der Waals surface area contributed by atoms with Crippen molar-refractivity contribution in [3.05, 3.63) is 114 Å². The van der Waals surface area contributed by atoms with Crippen LogP contribution in [-0.2, 0) is 16.4 Å². The molecule has 1 saturated carbocycles. The maximum Gasteiger partial charge on any atom is 0.333 e. The van der Waals surface area contributed by atoms with Gasteiger partial charge in [0.2, 0.25) is 0 Å². The summed E-state index contributed by atoms with van der Waals surface area (Å²) < 4.78 is 39.0. The number of pyridine rings is 1. The zero-order chi connectivity index (χ0) is 28.7. The van der Waals surface area contributed by atoms with Crippen molar-refractivity contribution in [1.82, 2.24) is 9.71 Å². The van der Waals surface area contributed by atoms with Crippen molar-refractivity contribution in [2.45, 2.75) is 49.0 Å². The lowest BCUT2D eigenvalue weighted by molar-refractivity contribution is 0.200. The molecule has 1 atom stereocenters. The molecule has 0 radical (unpaired) electrons. The first kappa shape index (κ1) is 28.2. The zero-order valence-corrected chi connectivity index (χ0v) is 23.6. The van der Waals surface area contributed by atoms with Crippen LogP contribution in [0.3, 0.4) is 0 Å². The standard InChI is InChI=1S/C32H33N3O5S/c1-39-30-16-13-25(22-31(30)40-27-7-5-6-8-27)29(21-23-17-19-33-20-18-23)24-11-14-26(15-12-24)34-32(36)35-41(37,38)28-9-3-2-4-10-28/h2-4,9-20,22,27,29H,5-8,21H2,1H3,(H2,34,35,36)/t29-/m1/s1. The van der Waals surface area contributed by atoms with Gasteiger partial charge < -0.3 is 14.8 Å². The van der Waals surface area contributed by atoms with Crippen molar-refractivity contribution in [3.8, 4) is 11.5 Å². The average molecular weight is 572 g/mol. The number of carbonyl (C=O) groups excluding carboxylic acids is 1. The van der Waals surface area contributed by atoms with Crippen molar-refractivity contribution in [2.75, 3.05) is 12.4 Å². The predicted molar refractivity (Wildman–Crippen MR) is 158 cm³/mol. The molecule has 3 aromatic carbocycles. The minimum absolute atomic E-state index is 0.0141. The number of urea groups is 1. The van der Waals surface area contributed by atoms with Gasteiger partial charge in [0, 0.05) is 24.0 Å². The number of aromatic nitrogens is 1. The van der Waals surface area contributed by atoms with Crippen LogP contribution in [0.15, 0.2) is 102 Å². The van der Waals surface area contributed by atoms with Gasteiger partial charge >= 0.3 is 6.03 Å². The van der Waals surface area contributed by atoms with Crippen molar-refractivity contribution in [3.63, 3.8) is 0 Å². The van der Waals surface area contributed by atoms with E-state index in [2.05, 4.69) is 27.2 Å². The van der Waals surface area contributed by atoms with Gasteiger partial charge in [0.05, 0.1) is 18.1 Å². The van der Waals surface area contributed by atoms with E-state index in [4.69, 9.17) is 9.47 Å². The normalized spacial score (nSPS) is 14.3. The Morgan fingerprint density at radius 2 is 1.59 bits per heavy atom. The fourth-order valence-electron chi connectivity index (χ4n) is 5.11. The van der Waals surface area contributed by atoms with Gasteiger partial charge in [-0.25, -0.2) is 17.9 Å². The summed E-state index contributed by atoms with van der Waals surface area (Å²) in [5.41, 5.74) is 3.70. The number of nitrogens with zero attached hydrogens (tertiary/aromatic N) is 1. The van der Waals surface area contributed by atoms with E-state index in [1.54, 1.807) is 49.8 Å². The third kappa shape index (κ3) is 7.24. The quantitative estimate of drug-likeness (QED) is 0.232. The van der Waals surface area contributed by atoms with E-state index in [0.717, 1.165) is 41.7 Å². The molecule has 1 fully saturated rings. The maximum atomic E-state index is 12.5. The summed E-state index contributed by atoms with van der Waals surface area (Å²) in [5, 5.41) is 2.61. The summed E-state index contributed by atoms with van der Waals surface area (Å²) in [4.78, 5) is 16.7.